The minimum absolute atomic E-state index is 0.0353. The summed E-state index contributed by atoms with van der Waals surface area (Å²) >= 11 is 0. The minimum Gasteiger partial charge on any atom is -0.370 e. The number of anilines is 1. The predicted octanol–water partition coefficient (Wildman–Crippen LogP) is 0.759. The molecule has 1 unspecified atom stereocenters. The molecule has 0 aromatic heterocycles. The van der Waals surface area contributed by atoms with Gasteiger partial charge in [-0.3, -0.25) is 9.59 Å². The van der Waals surface area contributed by atoms with Crippen LogP contribution < -0.4 is 16.4 Å². The molecule has 1 aromatic rings. The summed E-state index contributed by atoms with van der Waals surface area (Å²) in [5, 5.41) is 5.77. The van der Waals surface area contributed by atoms with Gasteiger partial charge in [-0.2, -0.15) is 0 Å². The lowest BCUT2D eigenvalue weighted by Crippen LogP contribution is -2.49. The molecule has 1 spiro atoms. The van der Waals surface area contributed by atoms with E-state index < -0.39 is 5.54 Å². The summed E-state index contributed by atoms with van der Waals surface area (Å²) in [7, 11) is 0. The fourth-order valence-electron chi connectivity index (χ4n) is 3.41. The Morgan fingerprint density at radius 3 is 2.81 bits per heavy atom. The van der Waals surface area contributed by atoms with E-state index >= 15 is 0 Å². The Labute approximate surface area is 121 Å². The molecule has 1 aromatic carbocycles. The number of ketones is 1. The van der Waals surface area contributed by atoms with Crippen molar-refractivity contribution in [2.75, 3.05) is 5.32 Å². The molecule has 1 amide bonds. The van der Waals surface area contributed by atoms with E-state index in [-0.39, 0.29) is 17.6 Å². The van der Waals surface area contributed by atoms with E-state index in [9.17, 15) is 9.59 Å². The van der Waals surface area contributed by atoms with Crippen molar-refractivity contribution >= 4 is 23.3 Å². The molecule has 21 heavy (non-hydrogen) atoms. The number of Topliss-reactive ketones (excluding diaryl/α,β-unsaturated/α-hetero) is 1. The van der Waals surface area contributed by atoms with Crippen LogP contribution in [0.3, 0.4) is 0 Å². The molecule has 4 N–H and O–H groups in total. The molecule has 0 saturated carbocycles. The second-order valence-corrected chi connectivity index (χ2v) is 5.46. The molecular formula is C15H14N4O2. The molecule has 1 aliphatic carbocycles. The number of carbonyl (C=O) groups excluding carboxylic acids is 2. The van der Waals surface area contributed by atoms with Crippen LogP contribution in [0.15, 0.2) is 40.5 Å². The Bertz CT molecular complexity index is 750. The average molecular weight is 282 g/mol. The number of aliphatic imine (C=N–C) groups is 1. The summed E-state index contributed by atoms with van der Waals surface area (Å²) < 4.78 is 0. The largest absolute Gasteiger partial charge is 0.370 e. The average Bonchev–Trinajstić information content (AvgIpc) is 2.72. The van der Waals surface area contributed by atoms with Gasteiger partial charge in [0.25, 0.3) is 5.91 Å². The Morgan fingerprint density at radius 2 is 1.95 bits per heavy atom. The van der Waals surface area contributed by atoms with E-state index in [4.69, 9.17) is 5.73 Å². The zero-order valence-electron chi connectivity index (χ0n) is 11.3. The van der Waals surface area contributed by atoms with Gasteiger partial charge in [0.05, 0.1) is 5.57 Å². The van der Waals surface area contributed by atoms with Gasteiger partial charge in [0, 0.05) is 23.4 Å². The summed E-state index contributed by atoms with van der Waals surface area (Å²) in [5.41, 5.74) is 7.11. The molecule has 6 nitrogen and oxygen atoms in total. The number of guanidine groups is 1. The van der Waals surface area contributed by atoms with Crippen LogP contribution in [0.5, 0.6) is 0 Å². The van der Waals surface area contributed by atoms with Crippen molar-refractivity contribution in [3.63, 3.8) is 0 Å². The molecule has 6 heteroatoms. The normalized spacial score (nSPS) is 27.0. The summed E-state index contributed by atoms with van der Waals surface area (Å²) in [4.78, 5) is 29.5. The van der Waals surface area contributed by atoms with Crippen molar-refractivity contribution in [2.24, 2.45) is 10.7 Å². The van der Waals surface area contributed by atoms with Crippen molar-refractivity contribution in [3.05, 3.63) is 41.1 Å². The number of allylic oxidation sites excluding steroid dienone is 1. The molecular weight excluding hydrogens is 268 g/mol. The molecule has 2 aliphatic heterocycles. The number of rotatable bonds is 0. The van der Waals surface area contributed by atoms with Crippen molar-refractivity contribution in [1.29, 1.82) is 0 Å². The van der Waals surface area contributed by atoms with E-state index in [0.29, 0.717) is 29.7 Å². The van der Waals surface area contributed by atoms with E-state index in [0.717, 1.165) is 12.1 Å². The molecule has 1 atom stereocenters. The number of nitrogens with zero attached hydrogens (tertiary/aromatic N) is 1. The fourth-order valence-corrected chi connectivity index (χ4v) is 3.41. The Kier molecular flexibility index (Phi) is 2.28. The fraction of sp³-hybridized carbons (Fsp3) is 0.267. The minimum atomic E-state index is -1.32. The zero-order valence-corrected chi connectivity index (χ0v) is 11.3. The third-order valence-corrected chi connectivity index (χ3v) is 4.23. The summed E-state index contributed by atoms with van der Waals surface area (Å²) in [6.45, 7) is 0. The first-order valence-electron chi connectivity index (χ1n) is 6.93. The summed E-state index contributed by atoms with van der Waals surface area (Å²) in [6.07, 6.45) is 1.90. The van der Waals surface area contributed by atoms with Gasteiger partial charge in [-0.05, 0) is 18.9 Å². The van der Waals surface area contributed by atoms with Crippen LogP contribution >= 0.6 is 0 Å². The van der Waals surface area contributed by atoms with Gasteiger partial charge in [-0.1, -0.05) is 18.2 Å². The second-order valence-electron chi connectivity index (χ2n) is 5.46. The molecule has 0 radical (unpaired) electrons. The van der Waals surface area contributed by atoms with Crippen LogP contribution in [0.25, 0.3) is 0 Å². The highest BCUT2D eigenvalue weighted by Crippen LogP contribution is 2.48. The number of hydrogen-bond acceptors (Lipinski definition) is 5. The highest BCUT2D eigenvalue weighted by molar-refractivity contribution is 6.17. The first-order chi connectivity index (χ1) is 10.1. The summed E-state index contributed by atoms with van der Waals surface area (Å²) in [5.74, 6) is -0.168. The molecule has 0 saturated heterocycles. The second kappa shape index (κ2) is 3.94. The van der Waals surface area contributed by atoms with Crippen LogP contribution in [0.4, 0.5) is 5.69 Å². The first-order valence-corrected chi connectivity index (χ1v) is 6.93. The SMILES string of the molecule is NC1=NC2(C(=O)Nc3ccccc32)C2=C(CCCC2=O)N1. The lowest BCUT2D eigenvalue weighted by Gasteiger charge is -2.34. The number of nitrogens with one attached hydrogen (secondary N) is 2. The Morgan fingerprint density at radius 1 is 1.14 bits per heavy atom. The zero-order chi connectivity index (χ0) is 14.6. The molecule has 4 rings (SSSR count). The van der Waals surface area contributed by atoms with Crippen LogP contribution in [0.2, 0.25) is 0 Å². The van der Waals surface area contributed by atoms with Crippen LogP contribution in [0.1, 0.15) is 24.8 Å². The van der Waals surface area contributed by atoms with E-state index in [2.05, 4.69) is 15.6 Å². The van der Waals surface area contributed by atoms with Gasteiger partial charge in [-0.15, -0.1) is 0 Å². The topological polar surface area (TPSA) is 96.6 Å². The van der Waals surface area contributed by atoms with Crippen LogP contribution in [0, 0.1) is 0 Å². The van der Waals surface area contributed by atoms with E-state index in [1.54, 1.807) is 0 Å². The van der Waals surface area contributed by atoms with Gasteiger partial charge in [0.15, 0.2) is 17.3 Å². The quantitative estimate of drug-likeness (QED) is 0.654. The third-order valence-electron chi connectivity index (χ3n) is 4.23. The lowest BCUT2D eigenvalue weighted by atomic mass is 9.76. The van der Waals surface area contributed by atoms with Crippen LogP contribution in [-0.2, 0) is 15.1 Å². The molecule has 106 valence electrons. The van der Waals surface area contributed by atoms with Crippen molar-refractivity contribution in [3.8, 4) is 0 Å². The number of para-hydroxylation sites is 1. The molecule has 0 fully saturated rings. The van der Waals surface area contributed by atoms with Crippen molar-refractivity contribution in [1.82, 2.24) is 5.32 Å². The number of benzene rings is 1. The summed E-state index contributed by atoms with van der Waals surface area (Å²) in [6, 6.07) is 7.30. The van der Waals surface area contributed by atoms with Gasteiger partial charge in [-0.25, -0.2) is 4.99 Å². The molecule has 0 bridgehead atoms. The Balaban J connectivity index is 2.04. The number of amides is 1. The standard InChI is InChI=1S/C15H14N4O2/c16-14-18-10-6-3-7-11(20)12(10)15(19-14)8-4-1-2-5-9(8)17-13(15)21/h1-2,4-5H,3,6-7H2,(H,17,21)(H3,16,18,19). The highest BCUT2D eigenvalue weighted by atomic mass is 16.2. The molecule has 2 heterocycles. The third kappa shape index (κ3) is 1.44. The number of fused-ring (bicyclic) bond motifs is 3. The number of nitrogens with two attached hydrogens (primary N) is 1. The monoisotopic (exact) mass is 282 g/mol. The van der Waals surface area contributed by atoms with Gasteiger partial charge >= 0.3 is 0 Å². The maximum atomic E-state index is 12.7. The van der Waals surface area contributed by atoms with Gasteiger partial charge < -0.3 is 16.4 Å². The van der Waals surface area contributed by atoms with E-state index in [1.807, 2.05) is 24.3 Å². The van der Waals surface area contributed by atoms with E-state index in [1.165, 1.54) is 0 Å². The predicted molar refractivity (Wildman–Crippen MR) is 77.4 cm³/mol. The maximum Gasteiger partial charge on any atom is 0.262 e. The number of hydrogen-bond donors (Lipinski definition) is 3. The van der Waals surface area contributed by atoms with Gasteiger partial charge in [0.1, 0.15) is 0 Å². The smallest absolute Gasteiger partial charge is 0.262 e. The first kappa shape index (κ1) is 12.1. The molecule has 3 aliphatic rings. The van der Waals surface area contributed by atoms with Crippen molar-refractivity contribution in [2.45, 2.75) is 24.8 Å². The van der Waals surface area contributed by atoms with Crippen LogP contribution in [-0.4, -0.2) is 17.6 Å². The highest BCUT2D eigenvalue weighted by Gasteiger charge is 2.55. The Hall–Kier alpha value is -2.63. The lowest BCUT2D eigenvalue weighted by molar-refractivity contribution is -0.123. The van der Waals surface area contributed by atoms with Crippen molar-refractivity contribution < 1.29 is 9.59 Å². The maximum absolute atomic E-state index is 12.7. The number of carbonyl (C=O) groups is 2. The van der Waals surface area contributed by atoms with Gasteiger partial charge in [0.2, 0.25) is 0 Å².